The average Bonchev–Trinajstić information content (AvgIpc) is 3.43. The van der Waals surface area contributed by atoms with Crippen LogP contribution in [0.1, 0.15) is 27.4 Å². The monoisotopic (exact) mass is 482 g/mol. The highest BCUT2D eigenvalue weighted by Crippen LogP contribution is 2.46. The molecule has 0 aliphatic carbocycles. The van der Waals surface area contributed by atoms with Crippen LogP contribution in [0, 0.1) is 19.7 Å². The molecular formula is C24H16ClFN2O4S. The molecular weight excluding hydrogens is 467 g/mol. The highest BCUT2D eigenvalue weighted by molar-refractivity contribution is 7.21. The average molecular weight is 483 g/mol. The maximum Gasteiger partial charge on any atom is 0.242 e. The fourth-order valence-corrected chi connectivity index (χ4v) is 5.09. The van der Waals surface area contributed by atoms with E-state index in [1.165, 1.54) is 40.2 Å². The van der Waals surface area contributed by atoms with Gasteiger partial charge in [-0.15, -0.1) is 0 Å². The van der Waals surface area contributed by atoms with Crippen molar-refractivity contribution in [1.82, 2.24) is 9.55 Å². The van der Waals surface area contributed by atoms with Gasteiger partial charge in [-0.2, -0.15) is 0 Å². The maximum absolute atomic E-state index is 13.7. The minimum Gasteiger partial charge on any atom is -0.503 e. The molecule has 166 valence electrons. The fourth-order valence-electron chi connectivity index (χ4n) is 3.82. The lowest BCUT2D eigenvalue weighted by Crippen LogP contribution is -2.05. The van der Waals surface area contributed by atoms with Crippen LogP contribution in [0.4, 0.5) is 4.39 Å². The lowest BCUT2D eigenvalue weighted by molar-refractivity contribution is 0.103. The summed E-state index contributed by atoms with van der Waals surface area (Å²) in [5.74, 6) is -1.28. The molecule has 0 radical (unpaired) electrons. The van der Waals surface area contributed by atoms with Crippen LogP contribution in [0.15, 0.2) is 52.9 Å². The summed E-state index contributed by atoms with van der Waals surface area (Å²) < 4.78 is 21.2. The van der Waals surface area contributed by atoms with E-state index in [0.717, 1.165) is 4.70 Å². The van der Waals surface area contributed by atoms with Gasteiger partial charge >= 0.3 is 0 Å². The number of thiazole rings is 1. The number of carbonyl (C=O) groups is 1. The molecule has 0 amide bonds. The zero-order valence-corrected chi connectivity index (χ0v) is 19.0. The quantitative estimate of drug-likeness (QED) is 0.289. The number of rotatable bonds is 4. The Morgan fingerprint density at radius 3 is 2.52 bits per heavy atom. The van der Waals surface area contributed by atoms with Crippen LogP contribution in [0.5, 0.6) is 11.6 Å². The molecule has 2 N–H and O–H groups in total. The molecule has 2 aromatic carbocycles. The highest BCUT2D eigenvalue weighted by atomic mass is 35.5. The lowest BCUT2D eigenvalue weighted by Gasteiger charge is -2.09. The molecule has 0 aliphatic heterocycles. The van der Waals surface area contributed by atoms with Crippen LogP contribution in [-0.2, 0) is 0 Å². The van der Waals surface area contributed by atoms with Crippen LogP contribution in [0.25, 0.3) is 26.6 Å². The molecule has 5 rings (SSSR count). The molecule has 0 saturated carbocycles. The summed E-state index contributed by atoms with van der Waals surface area (Å²) in [5, 5.41) is 22.5. The molecule has 3 aromatic heterocycles. The Morgan fingerprint density at radius 1 is 1.15 bits per heavy atom. The molecule has 0 atom stereocenters. The summed E-state index contributed by atoms with van der Waals surface area (Å²) in [7, 11) is 0. The number of benzene rings is 2. The molecule has 0 saturated heterocycles. The van der Waals surface area contributed by atoms with Crippen molar-refractivity contribution >= 4 is 38.9 Å². The summed E-state index contributed by atoms with van der Waals surface area (Å²) in [6, 6.07) is 12.3. The summed E-state index contributed by atoms with van der Waals surface area (Å²) in [6.07, 6.45) is 0. The van der Waals surface area contributed by atoms with E-state index >= 15 is 0 Å². The van der Waals surface area contributed by atoms with Crippen LogP contribution < -0.4 is 0 Å². The minimum absolute atomic E-state index is 0.145. The molecule has 0 fully saturated rings. The number of hydrogen-bond donors (Lipinski definition) is 2. The second-order valence-electron chi connectivity index (χ2n) is 7.48. The number of carbonyl (C=O) groups excluding carboxylic acids is 1. The number of aryl methyl sites for hydroxylation is 2. The van der Waals surface area contributed by atoms with Gasteiger partial charge in [0.15, 0.2) is 10.9 Å². The summed E-state index contributed by atoms with van der Waals surface area (Å²) in [6.45, 7) is 3.35. The molecule has 0 spiro atoms. The van der Waals surface area contributed by atoms with Crippen LogP contribution in [-0.4, -0.2) is 25.5 Å². The number of hydrogen-bond acceptors (Lipinski definition) is 6. The Bertz CT molecular complexity index is 1550. The van der Waals surface area contributed by atoms with E-state index in [9.17, 15) is 19.4 Å². The van der Waals surface area contributed by atoms with Gasteiger partial charge in [-0.25, -0.2) is 9.37 Å². The van der Waals surface area contributed by atoms with E-state index in [4.69, 9.17) is 16.0 Å². The second kappa shape index (κ2) is 7.75. The van der Waals surface area contributed by atoms with Crippen molar-refractivity contribution in [3.8, 4) is 28.0 Å². The predicted molar refractivity (Wildman–Crippen MR) is 124 cm³/mol. The lowest BCUT2D eigenvalue weighted by atomic mass is 9.99. The van der Waals surface area contributed by atoms with Crippen LogP contribution in [0.3, 0.4) is 0 Å². The number of aromatic nitrogens is 2. The molecule has 6 nitrogen and oxygen atoms in total. The van der Waals surface area contributed by atoms with Gasteiger partial charge < -0.3 is 14.6 Å². The van der Waals surface area contributed by atoms with Crippen molar-refractivity contribution in [2.24, 2.45) is 0 Å². The highest BCUT2D eigenvalue weighted by Gasteiger charge is 2.32. The van der Waals surface area contributed by atoms with Crippen LogP contribution >= 0.6 is 22.9 Å². The van der Waals surface area contributed by atoms with Gasteiger partial charge in [-0.1, -0.05) is 29.0 Å². The number of halogens is 2. The first-order chi connectivity index (χ1) is 15.8. The van der Waals surface area contributed by atoms with Crippen molar-refractivity contribution in [3.63, 3.8) is 0 Å². The Morgan fingerprint density at radius 2 is 1.88 bits per heavy atom. The number of aromatic hydroxyl groups is 2. The molecule has 3 heterocycles. The predicted octanol–water partition coefficient (Wildman–Crippen LogP) is 6.40. The van der Waals surface area contributed by atoms with Gasteiger partial charge in [0.1, 0.15) is 22.9 Å². The largest absolute Gasteiger partial charge is 0.503 e. The first-order valence-electron chi connectivity index (χ1n) is 9.86. The van der Waals surface area contributed by atoms with Crippen molar-refractivity contribution in [2.45, 2.75) is 13.8 Å². The van der Waals surface area contributed by atoms with Crippen molar-refractivity contribution < 1.29 is 23.8 Å². The number of fused-ring (bicyclic) bond motifs is 1. The fraction of sp³-hybridized carbons (Fsp3) is 0.0833. The van der Waals surface area contributed by atoms with Crippen molar-refractivity contribution in [1.29, 1.82) is 0 Å². The maximum atomic E-state index is 13.7. The molecule has 33 heavy (non-hydrogen) atoms. The Hall–Kier alpha value is -3.62. The molecule has 0 aliphatic rings. The third kappa shape index (κ3) is 3.39. The Balaban J connectivity index is 1.83. The molecule has 0 unspecified atom stereocenters. The molecule has 9 heteroatoms. The van der Waals surface area contributed by atoms with E-state index in [2.05, 4.69) is 4.98 Å². The topological polar surface area (TPSA) is 88.5 Å². The minimum atomic E-state index is -0.608. The van der Waals surface area contributed by atoms with E-state index < -0.39 is 23.2 Å². The Kier molecular flexibility index (Phi) is 4.99. The molecule has 5 aromatic rings. The summed E-state index contributed by atoms with van der Waals surface area (Å²) in [4.78, 5) is 18.1. The third-order valence-electron chi connectivity index (χ3n) is 5.30. The standard InChI is InChI=1S/C24H16ClFN2O4S/c1-11-10-15(12(2)32-11)21(29)18-20(13-6-8-14(26)9-7-13)28(23(31)22(18)30)24-27-19-16(25)4-3-5-17(19)33-24/h3-10,30-31H,1-2H3. The Labute approximate surface area is 196 Å². The van der Waals surface area contributed by atoms with Gasteiger partial charge in [0.05, 0.1) is 26.5 Å². The summed E-state index contributed by atoms with van der Waals surface area (Å²) >= 11 is 7.50. The smallest absolute Gasteiger partial charge is 0.242 e. The summed E-state index contributed by atoms with van der Waals surface area (Å²) in [5.41, 5.74) is 1.19. The number of ketones is 1. The number of furan rings is 1. The van der Waals surface area contributed by atoms with E-state index in [1.54, 1.807) is 32.0 Å². The number of nitrogens with zero attached hydrogens (tertiary/aromatic N) is 2. The van der Waals surface area contributed by atoms with Crippen molar-refractivity contribution in [3.05, 3.63) is 82.0 Å². The van der Waals surface area contributed by atoms with E-state index in [-0.39, 0.29) is 22.0 Å². The first-order valence-corrected chi connectivity index (χ1v) is 11.1. The SMILES string of the molecule is Cc1cc(C(=O)c2c(O)c(O)n(-c3nc4c(Cl)cccc4s3)c2-c2ccc(F)cc2)c(C)o1. The first kappa shape index (κ1) is 21.2. The van der Waals surface area contributed by atoms with Crippen LogP contribution in [0.2, 0.25) is 5.02 Å². The van der Waals surface area contributed by atoms with Crippen molar-refractivity contribution in [2.75, 3.05) is 0 Å². The van der Waals surface area contributed by atoms with Gasteiger partial charge in [-0.3, -0.25) is 9.36 Å². The van der Waals surface area contributed by atoms with E-state index in [1.807, 2.05) is 6.07 Å². The second-order valence-corrected chi connectivity index (χ2v) is 8.89. The van der Waals surface area contributed by atoms with Gasteiger partial charge in [0, 0.05) is 0 Å². The normalized spacial score (nSPS) is 11.4. The van der Waals surface area contributed by atoms with E-state index in [0.29, 0.717) is 27.6 Å². The van der Waals surface area contributed by atoms with Gasteiger partial charge in [0.2, 0.25) is 11.7 Å². The van der Waals surface area contributed by atoms with Gasteiger partial charge in [-0.05, 0) is 61.9 Å². The zero-order chi connectivity index (χ0) is 23.4. The van der Waals surface area contributed by atoms with Gasteiger partial charge in [0.25, 0.3) is 0 Å². The third-order valence-corrected chi connectivity index (χ3v) is 6.61. The number of para-hydroxylation sites is 1. The molecule has 0 bridgehead atoms. The zero-order valence-electron chi connectivity index (χ0n) is 17.4.